The van der Waals surface area contributed by atoms with Crippen LogP contribution in [0.5, 0.6) is 0 Å². The lowest BCUT2D eigenvalue weighted by atomic mass is 10.3. The highest BCUT2D eigenvalue weighted by atomic mass is 16.3. The molecule has 2 aromatic heterocycles. The summed E-state index contributed by atoms with van der Waals surface area (Å²) in [6, 6.07) is 0. The predicted octanol–water partition coefficient (Wildman–Crippen LogP) is 0.718. The molecule has 1 N–H and O–H groups in total. The van der Waals surface area contributed by atoms with E-state index in [2.05, 4.69) is 9.97 Å². The van der Waals surface area contributed by atoms with E-state index in [0.29, 0.717) is 11.6 Å². The van der Waals surface area contributed by atoms with Gasteiger partial charge in [-0.1, -0.05) is 0 Å². The first-order valence-corrected chi connectivity index (χ1v) is 4.90. The van der Waals surface area contributed by atoms with Gasteiger partial charge in [0.1, 0.15) is 11.6 Å². The fraction of sp³-hybridized carbons (Fsp3) is 0.400. The first kappa shape index (κ1) is 9.92. The molecule has 2 heterocycles. The molecule has 1 atom stereocenters. The number of hydrogen-bond acceptors (Lipinski definition) is 3. The van der Waals surface area contributed by atoms with Crippen molar-refractivity contribution >= 4 is 0 Å². The molecule has 0 aromatic carbocycles. The van der Waals surface area contributed by atoms with Crippen LogP contribution in [0.1, 0.15) is 24.7 Å². The number of aliphatic hydroxyl groups is 1. The molecule has 0 aliphatic carbocycles. The van der Waals surface area contributed by atoms with Crippen LogP contribution in [-0.4, -0.2) is 24.2 Å². The second-order valence-electron chi connectivity index (χ2n) is 3.37. The predicted molar refractivity (Wildman–Crippen MR) is 55.2 cm³/mol. The van der Waals surface area contributed by atoms with Gasteiger partial charge in [0, 0.05) is 38.4 Å². The Kier molecular flexibility index (Phi) is 2.55. The van der Waals surface area contributed by atoms with Crippen molar-refractivity contribution in [2.24, 2.45) is 7.05 Å². The molecule has 0 fully saturated rings. The van der Waals surface area contributed by atoms with Gasteiger partial charge in [0.15, 0.2) is 6.10 Å². The molecule has 15 heavy (non-hydrogen) atoms. The molecule has 2 aromatic rings. The maximum absolute atomic E-state index is 10.1. The van der Waals surface area contributed by atoms with Gasteiger partial charge in [-0.2, -0.15) is 0 Å². The zero-order chi connectivity index (χ0) is 10.8. The summed E-state index contributed by atoms with van der Waals surface area (Å²) >= 11 is 0. The van der Waals surface area contributed by atoms with E-state index < -0.39 is 6.10 Å². The molecule has 1 unspecified atom stereocenters. The topological polar surface area (TPSA) is 55.9 Å². The molecule has 5 heteroatoms. The Morgan fingerprint density at radius 3 is 2.53 bits per heavy atom. The number of nitrogens with zero attached hydrogens (tertiary/aromatic N) is 4. The van der Waals surface area contributed by atoms with Gasteiger partial charge in [0.2, 0.25) is 0 Å². The van der Waals surface area contributed by atoms with Crippen LogP contribution in [0.25, 0.3) is 0 Å². The SMILES string of the molecule is CCn1ccnc1C(O)c1nccn1C. The van der Waals surface area contributed by atoms with E-state index in [1.165, 1.54) is 0 Å². The highest BCUT2D eigenvalue weighted by molar-refractivity contribution is 5.09. The van der Waals surface area contributed by atoms with Crippen molar-refractivity contribution in [2.45, 2.75) is 19.6 Å². The van der Waals surface area contributed by atoms with Gasteiger partial charge in [-0.3, -0.25) is 0 Å². The lowest BCUT2D eigenvalue weighted by molar-refractivity contribution is 0.191. The third kappa shape index (κ3) is 1.66. The molecule has 0 saturated heterocycles. The van der Waals surface area contributed by atoms with E-state index in [1.54, 1.807) is 23.2 Å². The van der Waals surface area contributed by atoms with Gasteiger partial charge in [-0.15, -0.1) is 0 Å². The number of aliphatic hydroxyl groups excluding tert-OH is 1. The summed E-state index contributed by atoms with van der Waals surface area (Å²) in [4.78, 5) is 8.25. The molecule has 2 rings (SSSR count). The molecule has 0 amide bonds. The summed E-state index contributed by atoms with van der Waals surface area (Å²) < 4.78 is 3.69. The highest BCUT2D eigenvalue weighted by Gasteiger charge is 2.19. The monoisotopic (exact) mass is 206 g/mol. The molecule has 0 aliphatic rings. The molecular formula is C10H14N4O. The molecular weight excluding hydrogens is 192 g/mol. The van der Waals surface area contributed by atoms with Crippen molar-refractivity contribution in [3.63, 3.8) is 0 Å². The van der Waals surface area contributed by atoms with Crippen LogP contribution in [0.2, 0.25) is 0 Å². The van der Waals surface area contributed by atoms with Crippen LogP contribution in [0, 0.1) is 0 Å². The van der Waals surface area contributed by atoms with Crippen molar-refractivity contribution in [3.8, 4) is 0 Å². The van der Waals surface area contributed by atoms with Gasteiger partial charge >= 0.3 is 0 Å². The zero-order valence-corrected chi connectivity index (χ0v) is 8.83. The van der Waals surface area contributed by atoms with Crippen LogP contribution in [0.4, 0.5) is 0 Å². The maximum Gasteiger partial charge on any atom is 0.169 e. The van der Waals surface area contributed by atoms with Gasteiger partial charge in [-0.05, 0) is 6.92 Å². The average molecular weight is 206 g/mol. The van der Waals surface area contributed by atoms with Gasteiger partial charge in [0.05, 0.1) is 0 Å². The van der Waals surface area contributed by atoms with Crippen LogP contribution < -0.4 is 0 Å². The van der Waals surface area contributed by atoms with Crippen molar-refractivity contribution in [1.82, 2.24) is 19.1 Å². The Labute approximate surface area is 88.0 Å². The Balaban J connectivity index is 2.36. The van der Waals surface area contributed by atoms with E-state index in [4.69, 9.17) is 0 Å². The standard InChI is InChI=1S/C10H14N4O/c1-3-14-7-5-12-10(14)8(15)9-11-4-6-13(9)2/h4-8,15H,3H2,1-2H3. The van der Waals surface area contributed by atoms with Crippen LogP contribution in [0.3, 0.4) is 0 Å². The number of rotatable bonds is 3. The Bertz CT molecular complexity index is 446. The lowest BCUT2D eigenvalue weighted by Gasteiger charge is -2.11. The average Bonchev–Trinajstić information content (AvgIpc) is 2.84. The molecule has 0 saturated carbocycles. The quantitative estimate of drug-likeness (QED) is 0.805. The summed E-state index contributed by atoms with van der Waals surface area (Å²) in [5.74, 6) is 1.24. The molecule has 0 bridgehead atoms. The van der Waals surface area contributed by atoms with Crippen molar-refractivity contribution in [3.05, 3.63) is 36.4 Å². The minimum absolute atomic E-state index is 0.607. The van der Waals surface area contributed by atoms with Gasteiger partial charge in [-0.25, -0.2) is 9.97 Å². The third-order valence-corrected chi connectivity index (χ3v) is 2.44. The third-order valence-electron chi connectivity index (χ3n) is 2.44. The zero-order valence-electron chi connectivity index (χ0n) is 8.83. The molecule has 0 spiro atoms. The second kappa shape index (κ2) is 3.86. The Morgan fingerprint density at radius 2 is 1.93 bits per heavy atom. The molecule has 80 valence electrons. The summed E-state index contributed by atoms with van der Waals surface area (Å²) in [6.07, 6.45) is 6.24. The van der Waals surface area contributed by atoms with Crippen LogP contribution in [0.15, 0.2) is 24.8 Å². The van der Waals surface area contributed by atoms with E-state index in [1.807, 2.05) is 24.7 Å². The van der Waals surface area contributed by atoms with Crippen molar-refractivity contribution in [2.75, 3.05) is 0 Å². The van der Waals surface area contributed by atoms with Crippen LogP contribution in [-0.2, 0) is 13.6 Å². The normalized spacial score (nSPS) is 13.0. The summed E-state index contributed by atoms with van der Waals surface area (Å²) in [5.41, 5.74) is 0. The van der Waals surface area contributed by atoms with E-state index in [-0.39, 0.29) is 0 Å². The first-order valence-electron chi connectivity index (χ1n) is 4.90. The van der Waals surface area contributed by atoms with Crippen molar-refractivity contribution < 1.29 is 5.11 Å². The van der Waals surface area contributed by atoms with E-state index in [9.17, 15) is 5.11 Å². The fourth-order valence-corrected chi connectivity index (χ4v) is 1.59. The number of hydrogen-bond donors (Lipinski definition) is 1. The fourth-order valence-electron chi connectivity index (χ4n) is 1.59. The van der Waals surface area contributed by atoms with E-state index in [0.717, 1.165) is 6.54 Å². The number of aryl methyl sites for hydroxylation is 2. The highest BCUT2D eigenvalue weighted by Crippen LogP contribution is 2.17. The summed E-state index contributed by atoms with van der Waals surface area (Å²) in [7, 11) is 1.85. The minimum atomic E-state index is -0.764. The molecule has 0 aliphatic heterocycles. The van der Waals surface area contributed by atoms with Gasteiger partial charge in [0.25, 0.3) is 0 Å². The second-order valence-corrected chi connectivity index (χ2v) is 3.37. The largest absolute Gasteiger partial charge is 0.377 e. The lowest BCUT2D eigenvalue weighted by Crippen LogP contribution is -2.12. The number of aromatic nitrogens is 4. The summed E-state index contributed by atoms with van der Waals surface area (Å²) in [5, 5.41) is 10.1. The van der Waals surface area contributed by atoms with Crippen LogP contribution >= 0.6 is 0 Å². The smallest absolute Gasteiger partial charge is 0.169 e. The Morgan fingerprint density at radius 1 is 1.27 bits per heavy atom. The summed E-state index contributed by atoms with van der Waals surface area (Å²) in [6.45, 7) is 2.80. The van der Waals surface area contributed by atoms with Gasteiger partial charge < -0.3 is 14.2 Å². The Hall–Kier alpha value is -1.62. The minimum Gasteiger partial charge on any atom is -0.377 e. The maximum atomic E-state index is 10.1. The molecule has 5 nitrogen and oxygen atoms in total. The molecule has 0 radical (unpaired) electrons. The van der Waals surface area contributed by atoms with E-state index >= 15 is 0 Å². The first-order chi connectivity index (χ1) is 7.24. The number of imidazole rings is 2. The van der Waals surface area contributed by atoms with Crippen molar-refractivity contribution in [1.29, 1.82) is 0 Å².